The average Bonchev–Trinajstić information content (AvgIpc) is 1.62. The van der Waals surface area contributed by atoms with Crippen LogP contribution in [0.1, 0.15) is 13.3 Å². The molecule has 0 heterocycles. The van der Waals surface area contributed by atoms with Gasteiger partial charge in [0.05, 0.1) is 0 Å². The van der Waals surface area contributed by atoms with Crippen molar-refractivity contribution in [2.75, 3.05) is 0 Å². The molecule has 0 saturated heterocycles. The number of halogens is 1. The summed E-state index contributed by atoms with van der Waals surface area (Å²) in [5.41, 5.74) is -1.90. The van der Waals surface area contributed by atoms with Crippen molar-refractivity contribution in [1.29, 1.82) is 0 Å². The average molecular weight is 165 g/mol. The Balaban J connectivity index is 0. The van der Waals surface area contributed by atoms with E-state index < -0.39 is 15.5 Å². The van der Waals surface area contributed by atoms with Crippen LogP contribution in [0.2, 0.25) is 0 Å². The van der Waals surface area contributed by atoms with Crippen molar-refractivity contribution in [3.05, 3.63) is 0 Å². The van der Waals surface area contributed by atoms with Crippen molar-refractivity contribution < 1.29 is 12.8 Å². The third kappa shape index (κ3) is 5.29. The molecular formula is C3H9FNNaO2S. The van der Waals surface area contributed by atoms with E-state index in [0.717, 1.165) is 0 Å². The van der Waals surface area contributed by atoms with Crippen molar-refractivity contribution in [2.24, 2.45) is 5.14 Å². The van der Waals surface area contributed by atoms with Crippen LogP contribution in [-0.4, -0.2) is 43.5 Å². The van der Waals surface area contributed by atoms with Crippen molar-refractivity contribution >= 4 is 39.6 Å². The maximum atomic E-state index is 11.9. The Labute approximate surface area is 76.1 Å². The SMILES string of the molecule is CCC(F)S(N)(=O)=O.[NaH]. The Bertz CT molecular complexity index is 157. The fraction of sp³-hybridized carbons (Fsp3) is 1.00. The molecule has 0 saturated carbocycles. The fourth-order valence-electron chi connectivity index (χ4n) is 0.232. The van der Waals surface area contributed by atoms with Gasteiger partial charge < -0.3 is 0 Å². The number of alkyl halides is 1. The van der Waals surface area contributed by atoms with Crippen LogP contribution in [0, 0.1) is 0 Å². The van der Waals surface area contributed by atoms with E-state index in [1.54, 1.807) is 0 Å². The van der Waals surface area contributed by atoms with Gasteiger partial charge in [-0.1, -0.05) is 6.92 Å². The number of rotatable bonds is 2. The van der Waals surface area contributed by atoms with Crippen LogP contribution >= 0.6 is 0 Å². The van der Waals surface area contributed by atoms with Crippen LogP contribution < -0.4 is 5.14 Å². The first kappa shape index (κ1) is 12.5. The normalized spacial score (nSPS) is 14.1. The van der Waals surface area contributed by atoms with Gasteiger partial charge in [0.2, 0.25) is 15.5 Å². The standard InChI is InChI=1S/C3H8FNO2S.Na.H/c1-2-3(4)8(5,6)7;;/h3H,2H2,1H3,(H2,5,6,7);;. The first-order valence-corrected chi connectivity index (χ1v) is 3.75. The van der Waals surface area contributed by atoms with Crippen LogP contribution in [-0.2, 0) is 10.0 Å². The zero-order valence-electron chi connectivity index (χ0n) is 4.46. The van der Waals surface area contributed by atoms with Gasteiger partial charge in [-0.3, -0.25) is 0 Å². The third-order valence-corrected chi connectivity index (χ3v) is 1.72. The molecule has 1 atom stereocenters. The summed E-state index contributed by atoms with van der Waals surface area (Å²) in [6.45, 7) is 1.41. The van der Waals surface area contributed by atoms with Gasteiger partial charge in [-0.05, 0) is 6.42 Å². The molecule has 0 radical (unpaired) electrons. The third-order valence-electron chi connectivity index (χ3n) is 0.677. The molecule has 0 fully saturated rings. The van der Waals surface area contributed by atoms with Gasteiger partial charge in [-0.2, -0.15) is 0 Å². The van der Waals surface area contributed by atoms with Crippen molar-refractivity contribution in [1.82, 2.24) is 0 Å². The monoisotopic (exact) mass is 165 g/mol. The summed E-state index contributed by atoms with van der Waals surface area (Å²) >= 11 is 0. The summed E-state index contributed by atoms with van der Waals surface area (Å²) in [6.07, 6.45) is -0.0845. The van der Waals surface area contributed by atoms with E-state index in [2.05, 4.69) is 5.14 Å². The first-order chi connectivity index (χ1) is 3.48. The zero-order valence-corrected chi connectivity index (χ0v) is 5.28. The van der Waals surface area contributed by atoms with Crippen LogP contribution in [0.5, 0.6) is 0 Å². The van der Waals surface area contributed by atoms with E-state index in [0.29, 0.717) is 0 Å². The molecule has 0 aromatic heterocycles. The van der Waals surface area contributed by atoms with Gasteiger partial charge >= 0.3 is 29.6 Å². The van der Waals surface area contributed by atoms with Crippen molar-refractivity contribution in [3.8, 4) is 0 Å². The fourth-order valence-corrected chi connectivity index (χ4v) is 0.697. The van der Waals surface area contributed by atoms with E-state index in [1.165, 1.54) is 6.92 Å². The molecule has 0 rings (SSSR count). The second kappa shape index (κ2) is 4.62. The molecule has 2 N–H and O–H groups in total. The molecule has 52 valence electrons. The van der Waals surface area contributed by atoms with E-state index in [9.17, 15) is 12.8 Å². The molecule has 0 spiro atoms. The van der Waals surface area contributed by atoms with E-state index >= 15 is 0 Å². The Kier molecular flexibility index (Phi) is 6.43. The molecule has 0 bridgehead atoms. The van der Waals surface area contributed by atoms with Gasteiger partial charge in [0.1, 0.15) is 0 Å². The molecular weight excluding hydrogens is 156 g/mol. The number of sulfonamides is 1. The predicted molar refractivity (Wildman–Crippen MR) is 35.4 cm³/mol. The maximum absolute atomic E-state index is 11.9. The summed E-state index contributed by atoms with van der Waals surface area (Å²) in [5, 5.41) is 4.39. The molecule has 6 heteroatoms. The van der Waals surface area contributed by atoms with E-state index in [4.69, 9.17) is 0 Å². The number of hydrogen-bond acceptors (Lipinski definition) is 2. The second-order valence-corrected chi connectivity index (χ2v) is 3.10. The van der Waals surface area contributed by atoms with Gasteiger partial charge in [0, 0.05) is 0 Å². The molecule has 0 aliphatic heterocycles. The van der Waals surface area contributed by atoms with Crippen LogP contribution in [0.4, 0.5) is 4.39 Å². The molecule has 0 aromatic carbocycles. The summed E-state index contributed by atoms with van der Waals surface area (Å²) in [4.78, 5) is 0. The molecule has 9 heavy (non-hydrogen) atoms. The Morgan fingerprint density at radius 3 is 2.00 bits per heavy atom. The summed E-state index contributed by atoms with van der Waals surface area (Å²) in [7, 11) is -3.92. The molecule has 0 aliphatic carbocycles. The minimum atomic E-state index is -3.92. The van der Waals surface area contributed by atoms with E-state index in [-0.39, 0.29) is 36.0 Å². The van der Waals surface area contributed by atoms with Gasteiger partial charge in [-0.15, -0.1) is 0 Å². The van der Waals surface area contributed by atoms with Gasteiger partial charge in [-0.25, -0.2) is 17.9 Å². The second-order valence-electron chi connectivity index (χ2n) is 1.41. The zero-order chi connectivity index (χ0) is 6.78. The molecule has 0 amide bonds. The quantitative estimate of drug-likeness (QED) is 0.552. The predicted octanol–water partition coefficient (Wildman–Crippen LogP) is -0.668. The Morgan fingerprint density at radius 2 is 2.00 bits per heavy atom. The van der Waals surface area contributed by atoms with Crippen molar-refractivity contribution in [3.63, 3.8) is 0 Å². The first-order valence-electron chi connectivity index (χ1n) is 2.14. The molecule has 3 nitrogen and oxygen atoms in total. The number of hydrogen-bond donors (Lipinski definition) is 1. The van der Waals surface area contributed by atoms with Gasteiger partial charge in [0.25, 0.3) is 0 Å². The van der Waals surface area contributed by atoms with Crippen LogP contribution in [0.25, 0.3) is 0 Å². The summed E-state index contributed by atoms with van der Waals surface area (Å²) in [5.74, 6) is 0. The summed E-state index contributed by atoms with van der Waals surface area (Å²) in [6, 6.07) is 0. The summed E-state index contributed by atoms with van der Waals surface area (Å²) < 4.78 is 31.9. The molecule has 1 unspecified atom stereocenters. The van der Waals surface area contributed by atoms with Gasteiger partial charge in [0.15, 0.2) is 0 Å². The topological polar surface area (TPSA) is 60.2 Å². The van der Waals surface area contributed by atoms with Crippen LogP contribution in [0.15, 0.2) is 0 Å². The molecule has 0 aromatic rings. The van der Waals surface area contributed by atoms with Crippen LogP contribution in [0.3, 0.4) is 0 Å². The Morgan fingerprint density at radius 1 is 1.67 bits per heavy atom. The Hall–Kier alpha value is 0.840. The minimum absolute atomic E-state index is 0. The van der Waals surface area contributed by atoms with Crippen molar-refractivity contribution in [2.45, 2.75) is 18.8 Å². The number of nitrogens with two attached hydrogens (primary N) is 1. The molecule has 0 aliphatic rings. The number of primary sulfonamides is 1. The van der Waals surface area contributed by atoms with E-state index in [1.807, 2.05) is 0 Å².